The maximum Gasteiger partial charge on any atom is 0.224 e. The summed E-state index contributed by atoms with van der Waals surface area (Å²) in [7, 11) is 0. The fraction of sp³-hybridized carbons (Fsp3) is 0.417. The normalized spacial score (nSPS) is 11.2. The first-order valence-electron chi connectivity index (χ1n) is 5.18. The van der Waals surface area contributed by atoms with Crippen LogP contribution < -0.4 is 11.1 Å². The predicted molar refractivity (Wildman–Crippen MR) is 74.1 cm³/mol. The number of halogens is 1. The van der Waals surface area contributed by atoms with Crippen LogP contribution in [0.5, 0.6) is 0 Å². The van der Waals surface area contributed by atoms with Gasteiger partial charge in [-0.3, -0.25) is 4.79 Å². The second-order valence-corrected chi connectivity index (χ2v) is 5.69. The average Bonchev–Trinajstić information content (AvgIpc) is 2.16. The second kappa shape index (κ2) is 5.63. The second-order valence-electron chi connectivity index (χ2n) is 4.44. The Morgan fingerprint density at radius 1 is 1.50 bits per heavy atom. The summed E-state index contributed by atoms with van der Waals surface area (Å²) in [6.07, 6.45) is 0.403. The van der Waals surface area contributed by atoms with Crippen LogP contribution in [0.3, 0.4) is 0 Å². The van der Waals surface area contributed by atoms with Gasteiger partial charge in [-0.05, 0) is 54.1 Å². The van der Waals surface area contributed by atoms with Crippen LogP contribution in [0.25, 0.3) is 0 Å². The molecule has 0 spiro atoms. The summed E-state index contributed by atoms with van der Waals surface area (Å²) in [6.45, 7) is 4.27. The summed E-state index contributed by atoms with van der Waals surface area (Å²) in [4.78, 5) is 11.7. The SMILES string of the molecule is CC(C)(CN)NC(=O)Cc1cccc(I)c1. The molecule has 0 aliphatic carbocycles. The van der Waals surface area contributed by atoms with Gasteiger partial charge in [0.05, 0.1) is 6.42 Å². The van der Waals surface area contributed by atoms with Crippen molar-refractivity contribution in [1.82, 2.24) is 5.32 Å². The lowest BCUT2D eigenvalue weighted by Gasteiger charge is -2.24. The largest absolute Gasteiger partial charge is 0.350 e. The van der Waals surface area contributed by atoms with E-state index in [1.165, 1.54) is 0 Å². The molecule has 3 nitrogen and oxygen atoms in total. The topological polar surface area (TPSA) is 55.1 Å². The number of nitrogens with one attached hydrogen (secondary N) is 1. The zero-order valence-electron chi connectivity index (χ0n) is 9.59. The van der Waals surface area contributed by atoms with Crippen LogP contribution in [-0.4, -0.2) is 18.0 Å². The molecule has 0 heterocycles. The van der Waals surface area contributed by atoms with Gasteiger partial charge in [-0.15, -0.1) is 0 Å². The maximum atomic E-state index is 11.7. The molecule has 0 saturated carbocycles. The zero-order chi connectivity index (χ0) is 12.2. The molecule has 1 aromatic rings. The number of carbonyl (C=O) groups excluding carboxylic acids is 1. The molecule has 0 atom stereocenters. The molecule has 0 bridgehead atoms. The van der Waals surface area contributed by atoms with Gasteiger partial charge in [0.1, 0.15) is 0 Å². The van der Waals surface area contributed by atoms with Crippen molar-refractivity contribution in [2.24, 2.45) is 5.73 Å². The summed E-state index contributed by atoms with van der Waals surface area (Å²) in [5.74, 6) is 0.0115. The highest BCUT2D eigenvalue weighted by Crippen LogP contribution is 2.09. The molecule has 1 rings (SSSR count). The molecule has 3 N–H and O–H groups in total. The van der Waals surface area contributed by atoms with E-state index in [0.717, 1.165) is 9.13 Å². The molecule has 0 aliphatic rings. The van der Waals surface area contributed by atoms with Gasteiger partial charge in [0, 0.05) is 15.7 Å². The van der Waals surface area contributed by atoms with Crippen molar-refractivity contribution in [3.05, 3.63) is 33.4 Å². The van der Waals surface area contributed by atoms with E-state index in [1.54, 1.807) is 0 Å². The molecule has 0 aromatic heterocycles. The van der Waals surface area contributed by atoms with Crippen molar-refractivity contribution in [1.29, 1.82) is 0 Å². The highest BCUT2D eigenvalue weighted by Gasteiger charge is 2.18. The molecule has 4 heteroatoms. The van der Waals surface area contributed by atoms with Crippen molar-refractivity contribution >= 4 is 28.5 Å². The molecule has 0 radical (unpaired) electrons. The fourth-order valence-electron chi connectivity index (χ4n) is 1.30. The molecule has 88 valence electrons. The molecule has 0 fully saturated rings. The van der Waals surface area contributed by atoms with Crippen LogP contribution >= 0.6 is 22.6 Å². The number of benzene rings is 1. The third-order valence-electron chi connectivity index (χ3n) is 2.24. The van der Waals surface area contributed by atoms with E-state index >= 15 is 0 Å². The Bertz CT molecular complexity index is 377. The molecule has 0 aliphatic heterocycles. The zero-order valence-corrected chi connectivity index (χ0v) is 11.7. The fourth-order valence-corrected chi connectivity index (χ4v) is 1.91. The summed E-state index contributed by atoms with van der Waals surface area (Å²) in [6, 6.07) is 7.93. The third-order valence-corrected chi connectivity index (χ3v) is 2.91. The number of nitrogens with two attached hydrogens (primary N) is 1. The van der Waals surface area contributed by atoms with E-state index < -0.39 is 0 Å². The standard InChI is InChI=1S/C12H17IN2O/c1-12(2,8-14)15-11(16)7-9-4-3-5-10(13)6-9/h3-6H,7-8,14H2,1-2H3,(H,15,16). The Labute approximate surface area is 110 Å². The van der Waals surface area contributed by atoms with E-state index in [-0.39, 0.29) is 11.4 Å². The Balaban J connectivity index is 2.59. The van der Waals surface area contributed by atoms with Gasteiger partial charge >= 0.3 is 0 Å². The summed E-state index contributed by atoms with van der Waals surface area (Å²) >= 11 is 2.24. The molecule has 1 aromatic carbocycles. The minimum absolute atomic E-state index is 0.0115. The highest BCUT2D eigenvalue weighted by molar-refractivity contribution is 14.1. The van der Waals surface area contributed by atoms with E-state index in [2.05, 4.69) is 27.9 Å². The lowest BCUT2D eigenvalue weighted by Crippen LogP contribution is -2.49. The lowest BCUT2D eigenvalue weighted by atomic mass is 10.1. The van der Waals surface area contributed by atoms with E-state index in [1.807, 2.05) is 38.1 Å². The van der Waals surface area contributed by atoms with Crippen molar-refractivity contribution < 1.29 is 4.79 Å². The molecule has 1 amide bonds. The van der Waals surface area contributed by atoms with E-state index in [9.17, 15) is 4.79 Å². The maximum absolute atomic E-state index is 11.7. The van der Waals surface area contributed by atoms with E-state index in [0.29, 0.717) is 13.0 Å². The van der Waals surface area contributed by atoms with Crippen LogP contribution in [0.1, 0.15) is 19.4 Å². The van der Waals surface area contributed by atoms with Gasteiger partial charge in [0.2, 0.25) is 5.91 Å². The van der Waals surface area contributed by atoms with Crippen LogP contribution in [0.15, 0.2) is 24.3 Å². The lowest BCUT2D eigenvalue weighted by molar-refractivity contribution is -0.121. The summed E-state index contributed by atoms with van der Waals surface area (Å²) in [5, 5.41) is 2.91. The smallest absolute Gasteiger partial charge is 0.224 e. The van der Waals surface area contributed by atoms with Gasteiger partial charge in [-0.25, -0.2) is 0 Å². The number of carbonyl (C=O) groups is 1. The van der Waals surface area contributed by atoms with Crippen molar-refractivity contribution in [3.63, 3.8) is 0 Å². The van der Waals surface area contributed by atoms with Crippen molar-refractivity contribution in [2.75, 3.05) is 6.54 Å². The molecule has 16 heavy (non-hydrogen) atoms. The third kappa shape index (κ3) is 4.49. The van der Waals surface area contributed by atoms with Gasteiger partial charge in [0.25, 0.3) is 0 Å². The number of rotatable bonds is 4. The number of hydrogen-bond acceptors (Lipinski definition) is 2. The van der Waals surface area contributed by atoms with Gasteiger partial charge in [0.15, 0.2) is 0 Å². The van der Waals surface area contributed by atoms with Crippen LogP contribution in [0.2, 0.25) is 0 Å². The average molecular weight is 332 g/mol. The molecule has 0 saturated heterocycles. The first kappa shape index (κ1) is 13.4. The van der Waals surface area contributed by atoms with Gasteiger partial charge in [-0.1, -0.05) is 12.1 Å². The Morgan fingerprint density at radius 2 is 2.19 bits per heavy atom. The Morgan fingerprint density at radius 3 is 2.75 bits per heavy atom. The van der Waals surface area contributed by atoms with Crippen molar-refractivity contribution in [2.45, 2.75) is 25.8 Å². The van der Waals surface area contributed by atoms with Gasteiger partial charge in [-0.2, -0.15) is 0 Å². The molecular formula is C12H17IN2O. The monoisotopic (exact) mass is 332 g/mol. The molecule has 0 unspecified atom stereocenters. The predicted octanol–water partition coefficient (Wildman–Crippen LogP) is 1.69. The number of amides is 1. The van der Waals surface area contributed by atoms with Gasteiger partial charge < -0.3 is 11.1 Å². The first-order chi connectivity index (χ1) is 7.43. The van der Waals surface area contributed by atoms with Crippen LogP contribution in [0.4, 0.5) is 0 Å². The number of hydrogen-bond donors (Lipinski definition) is 2. The van der Waals surface area contributed by atoms with Crippen LogP contribution in [0, 0.1) is 3.57 Å². The van der Waals surface area contributed by atoms with Crippen molar-refractivity contribution in [3.8, 4) is 0 Å². The Kier molecular flexibility index (Phi) is 4.73. The Hall–Kier alpha value is -0.620. The highest BCUT2D eigenvalue weighted by atomic mass is 127. The molecular weight excluding hydrogens is 315 g/mol. The minimum Gasteiger partial charge on any atom is -0.350 e. The summed E-state index contributed by atoms with van der Waals surface area (Å²) in [5.41, 5.74) is 6.25. The minimum atomic E-state index is -0.334. The quantitative estimate of drug-likeness (QED) is 0.825. The summed E-state index contributed by atoms with van der Waals surface area (Å²) < 4.78 is 1.14. The first-order valence-corrected chi connectivity index (χ1v) is 6.26. The van der Waals surface area contributed by atoms with Crippen LogP contribution in [-0.2, 0) is 11.2 Å². The van der Waals surface area contributed by atoms with E-state index in [4.69, 9.17) is 5.73 Å².